The molecule has 1 saturated carbocycles. The van der Waals surface area contributed by atoms with E-state index < -0.39 is 0 Å². The Morgan fingerprint density at radius 3 is 2.92 bits per heavy atom. The zero-order chi connectivity index (χ0) is 17.5. The number of thiazole rings is 1. The van der Waals surface area contributed by atoms with Gasteiger partial charge in [-0.3, -0.25) is 10.1 Å². The molecule has 3 heterocycles. The number of hydrogen-bond acceptors (Lipinski definition) is 7. The van der Waals surface area contributed by atoms with Crippen LogP contribution in [0.25, 0.3) is 5.69 Å². The fourth-order valence-electron chi connectivity index (χ4n) is 2.74. The van der Waals surface area contributed by atoms with Crippen molar-refractivity contribution in [1.82, 2.24) is 20.0 Å². The second-order valence-corrected chi connectivity index (χ2v) is 7.04. The van der Waals surface area contributed by atoms with Crippen molar-refractivity contribution in [2.45, 2.75) is 18.8 Å². The van der Waals surface area contributed by atoms with Crippen molar-refractivity contribution >= 4 is 22.4 Å². The van der Waals surface area contributed by atoms with Crippen molar-refractivity contribution in [3.05, 3.63) is 41.2 Å². The van der Waals surface area contributed by atoms with E-state index in [0.717, 1.165) is 11.4 Å². The van der Waals surface area contributed by atoms with E-state index in [1.54, 1.807) is 6.20 Å². The van der Waals surface area contributed by atoms with Gasteiger partial charge in [0.1, 0.15) is 13.2 Å². The maximum atomic E-state index is 12.4. The lowest BCUT2D eigenvalue weighted by atomic mass is 10.2. The monoisotopic (exact) mass is 369 g/mol. The summed E-state index contributed by atoms with van der Waals surface area (Å²) in [6.07, 6.45) is 3.94. The molecule has 0 atom stereocenters. The van der Waals surface area contributed by atoms with Crippen molar-refractivity contribution in [3.63, 3.8) is 0 Å². The number of carbonyl (C=O) groups excluding carboxylic acids is 1. The van der Waals surface area contributed by atoms with E-state index in [-0.39, 0.29) is 11.6 Å². The highest BCUT2D eigenvalue weighted by Gasteiger charge is 2.26. The number of benzene rings is 1. The number of carbonyl (C=O) groups is 1. The van der Waals surface area contributed by atoms with Crippen LogP contribution in [0.15, 0.2) is 29.8 Å². The highest BCUT2D eigenvalue weighted by atomic mass is 32.1. The molecule has 132 valence electrons. The number of amides is 1. The fourth-order valence-corrected chi connectivity index (χ4v) is 3.53. The van der Waals surface area contributed by atoms with E-state index in [0.29, 0.717) is 35.8 Å². The Hall–Kier alpha value is -2.94. The number of nitrogens with one attached hydrogen (secondary N) is 1. The van der Waals surface area contributed by atoms with Gasteiger partial charge in [0.25, 0.3) is 5.91 Å². The fraction of sp³-hybridized carbons (Fsp3) is 0.294. The lowest BCUT2D eigenvalue weighted by Crippen LogP contribution is -2.15. The predicted molar refractivity (Wildman–Crippen MR) is 94.4 cm³/mol. The van der Waals surface area contributed by atoms with Crippen LogP contribution in [0.4, 0.5) is 5.13 Å². The van der Waals surface area contributed by atoms with Crippen LogP contribution in [0.5, 0.6) is 11.5 Å². The number of hydrogen-bond donors (Lipinski definition) is 1. The normalized spacial score (nSPS) is 15.7. The van der Waals surface area contributed by atoms with E-state index in [4.69, 9.17) is 9.47 Å². The molecule has 1 aliphatic carbocycles. The smallest absolute Gasteiger partial charge is 0.279 e. The van der Waals surface area contributed by atoms with Crippen LogP contribution < -0.4 is 14.8 Å². The summed E-state index contributed by atoms with van der Waals surface area (Å²) < 4.78 is 12.6. The third-order valence-electron chi connectivity index (χ3n) is 4.25. The van der Waals surface area contributed by atoms with Crippen LogP contribution in [-0.2, 0) is 0 Å². The Bertz CT molecular complexity index is 978. The molecule has 5 rings (SSSR count). The average molecular weight is 369 g/mol. The van der Waals surface area contributed by atoms with Crippen LogP contribution in [-0.4, -0.2) is 39.1 Å². The van der Waals surface area contributed by atoms with Gasteiger partial charge in [0.15, 0.2) is 22.3 Å². The molecule has 8 nitrogen and oxygen atoms in total. The first kappa shape index (κ1) is 15.3. The molecular weight excluding hydrogens is 354 g/mol. The number of fused-ring (bicyclic) bond motifs is 1. The quantitative estimate of drug-likeness (QED) is 0.760. The Morgan fingerprint density at radius 1 is 1.23 bits per heavy atom. The highest BCUT2D eigenvalue weighted by molar-refractivity contribution is 7.14. The van der Waals surface area contributed by atoms with Gasteiger partial charge in [-0.25, -0.2) is 9.67 Å². The van der Waals surface area contributed by atoms with Crippen LogP contribution in [0.1, 0.15) is 34.9 Å². The van der Waals surface area contributed by atoms with Crippen molar-refractivity contribution in [2.75, 3.05) is 18.5 Å². The van der Waals surface area contributed by atoms with Gasteiger partial charge in [-0.15, -0.1) is 16.4 Å². The van der Waals surface area contributed by atoms with Gasteiger partial charge in [-0.2, -0.15) is 0 Å². The number of aromatic nitrogens is 4. The molecule has 1 amide bonds. The number of nitrogens with zero attached hydrogens (tertiary/aromatic N) is 4. The Kier molecular flexibility index (Phi) is 3.59. The van der Waals surface area contributed by atoms with E-state index in [2.05, 4.69) is 20.6 Å². The molecule has 1 aromatic carbocycles. The van der Waals surface area contributed by atoms with Crippen LogP contribution in [0.3, 0.4) is 0 Å². The predicted octanol–water partition coefficient (Wildman–Crippen LogP) is 2.62. The Morgan fingerprint density at radius 2 is 2.08 bits per heavy atom. The first-order chi connectivity index (χ1) is 12.8. The number of ether oxygens (including phenoxy) is 2. The van der Waals surface area contributed by atoms with E-state index in [1.165, 1.54) is 28.9 Å². The summed E-state index contributed by atoms with van der Waals surface area (Å²) in [5.74, 6) is 1.59. The van der Waals surface area contributed by atoms with Gasteiger partial charge >= 0.3 is 0 Å². The second kappa shape index (κ2) is 6.10. The van der Waals surface area contributed by atoms with Crippen molar-refractivity contribution in [1.29, 1.82) is 0 Å². The van der Waals surface area contributed by atoms with E-state index >= 15 is 0 Å². The summed E-state index contributed by atoms with van der Waals surface area (Å²) in [6.45, 7) is 1.05. The topological polar surface area (TPSA) is 91.2 Å². The van der Waals surface area contributed by atoms with Gasteiger partial charge in [0, 0.05) is 17.4 Å². The third-order valence-corrected chi connectivity index (χ3v) is 5.03. The minimum absolute atomic E-state index is 0.225. The first-order valence-electron chi connectivity index (χ1n) is 8.35. The lowest BCUT2D eigenvalue weighted by Gasteiger charge is -2.18. The molecule has 0 radical (unpaired) electrons. The van der Waals surface area contributed by atoms with Crippen molar-refractivity contribution in [3.8, 4) is 17.2 Å². The molecule has 2 aliphatic rings. The molecule has 26 heavy (non-hydrogen) atoms. The summed E-state index contributed by atoms with van der Waals surface area (Å²) in [4.78, 5) is 16.8. The molecule has 0 unspecified atom stereocenters. The average Bonchev–Trinajstić information content (AvgIpc) is 3.21. The SMILES string of the molecule is O=C(Nc1nc(C2CC2)cs1)c1cn(-c2ccc3c(c2)OCCO3)nn1. The third kappa shape index (κ3) is 2.90. The Balaban J connectivity index is 1.33. The van der Waals surface area contributed by atoms with E-state index in [9.17, 15) is 4.79 Å². The maximum absolute atomic E-state index is 12.4. The zero-order valence-electron chi connectivity index (χ0n) is 13.7. The molecule has 0 spiro atoms. The molecule has 9 heteroatoms. The molecule has 1 N–H and O–H groups in total. The van der Waals surface area contributed by atoms with Crippen molar-refractivity contribution < 1.29 is 14.3 Å². The second-order valence-electron chi connectivity index (χ2n) is 6.18. The van der Waals surface area contributed by atoms with Crippen molar-refractivity contribution in [2.24, 2.45) is 0 Å². The largest absolute Gasteiger partial charge is 0.486 e. The summed E-state index contributed by atoms with van der Waals surface area (Å²) in [5, 5.41) is 13.4. The molecule has 1 aliphatic heterocycles. The minimum atomic E-state index is -0.328. The van der Waals surface area contributed by atoms with Crippen LogP contribution in [0, 0.1) is 0 Å². The molecular formula is C17H15N5O3S. The van der Waals surface area contributed by atoms with Gasteiger partial charge < -0.3 is 9.47 Å². The van der Waals surface area contributed by atoms with Gasteiger partial charge in [-0.1, -0.05) is 5.21 Å². The molecule has 3 aromatic rings. The standard InChI is InChI=1S/C17H15N5O3S/c23-16(19-17-18-13(9-26-17)10-1-2-10)12-8-22(21-20-12)11-3-4-14-15(7-11)25-6-5-24-14/h3-4,7-10H,1-2,5-6H2,(H,18,19,23). The lowest BCUT2D eigenvalue weighted by molar-refractivity contribution is 0.102. The molecule has 0 saturated heterocycles. The summed E-state index contributed by atoms with van der Waals surface area (Å²) in [7, 11) is 0. The number of anilines is 1. The highest BCUT2D eigenvalue weighted by Crippen LogP contribution is 2.40. The zero-order valence-corrected chi connectivity index (χ0v) is 14.5. The molecule has 1 fully saturated rings. The Labute approximate surface area is 152 Å². The van der Waals surface area contributed by atoms with E-state index in [1.807, 2.05) is 23.6 Å². The number of rotatable bonds is 4. The van der Waals surface area contributed by atoms with Gasteiger partial charge in [0.05, 0.1) is 17.6 Å². The summed E-state index contributed by atoms with van der Waals surface area (Å²) in [6, 6.07) is 5.47. The molecule has 0 bridgehead atoms. The van der Waals surface area contributed by atoms with Gasteiger partial charge in [0.2, 0.25) is 0 Å². The van der Waals surface area contributed by atoms with Crippen LogP contribution in [0.2, 0.25) is 0 Å². The van der Waals surface area contributed by atoms with Crippen LogP contribution >= 0.6 is 11.3 Å². The maximum Gasteiger partial charge on any atom is 0.279 e. The van der Waals surface area contributed by atoms with Gasteiger partial charge in [-0.05, 0) is 25.0 Å². The summed E-state index contributed by atoms with van der Waals surface area (Å²) >= 11 is 1.43. The minimum Gasteiger partial charge on any atom is -0.486 e. The summed E-state index contributed by atoms with van der Waals surface area (Å²) in [5.41, 5.74) is 2.03. The first-order valence-corrected chi connectivity index (χ1v) is 9.23. The molecule has 2 aromatic heterocycles.